The predicted octanol–water partition coefficient (Wildman–Crippen LogP) is 0.501. The Morgan fingerprint density at radius 1 is 1.36 bits per heavy atom. The van der Waals surface area contributed by atoms with Gasteiger partial charge in [0.15, 0.2) is 6.29 Å². The number of hydrogen-bond donors (Lipinski definition) is 1. The Balaban J connectivity index is 1.98. The molecule has 0 aromatic heterocycles. The molecule has 0 radical (unpaired) electrons. The molecule has 2 fully saturated rings. The van der Waals surface area contributed by atoms with Gasteiger partial charge in [-0.15, -0.1) is 0 Å². The van der Waals surface area contributed by atoms with Crippen molar-refractivity contribution in [1.82, 2.24) is 5.32 Å². The average Bonchev–Trinajstić information content (AvgIpc) is 2.34. The van der Waals surface area contributed by atoms with E-state index in [1.165, 1.54) is 0 Å². The quantitative estimate of drug-likeness (QED) is 0.555. The molecule has 3 heteroatoms. The predicted molar refractivity (Wildman–Crippen MR) is 41.3 cm³/mol. The van der Waals surface area contributed by atoms with E-state index >= 15 is 0 Å². The first-order valence-corrected chi connectivity index (χ1v) is 4.31. The smallest absolute Gasteiger partial charge is 0.155 e. The summed E-state index contributed by atoms with van der Waals surface area (Å²) in [5.74, 6) is 0. The van der Waals surface area contributed by atoms with Gasteiger partial charge in [-0.3, -0.25) is 0 Å². The molecule has 2 rings (SSSR count). The van der Waals surface area contributed by atoms with Gasteiger partial charge in [0.1, 0.15) is 0 Å². The Morgan fingerprint density at radius 3 is 2.64 bits per heavy atom. The Labute approximate surface area is 67.1 Å². The molecule has 2 aliphatic heterocycles. The molecule has 0 aromatic rings. The van der Waals surface area contributed by atoms with Gasteiger partial charge in [-0.05, 0) is 32.9 Å². The maximum absolute atomic E-state index is 5.73. The van der Waals surface area contributed by atoms with E-state index in [-0.39, 0.29) is 11.9 Å². The third kappa shape index (κ3) is 1.41. The highest BCUT2D eigenvalue weighted by Crippen LogP contribution is 2.30. The molecule has 2 heterocycles. The maximum Gasteiger partial charge on any atom is 0.155 e. The lowest BCUT2D eigenvalue weighted by Gasteiger charge is -2.31. The van der Waals surface area contributed by atoms with Crippen LogP contribution in [0.25, 0.3) is 0 Å². The van der Waals surface area contributed by atoms with E-state index in [0.29, 0.717) is 0 Å². The van der Waals surface area contributed by atoms with Gasteiger partial charge in [0.25, 0.3) is 0 Å². The second-order valence-corrected chi connectivity index (χ2v) is 3.43. The van der Waals surface area contributed by atoms with Gasteiger partial charge in [0, 0.05) is 0 Å². The molecule has 0 saturated carbocycles. The molecule has 3 nitrogen and oxygen atoms in total. The first kappa shape index (κ1) is 7.53. The number of nitrogens with one attached hydrogen (secondary N) is 1. The number of hydrogen-bond acceptors (Lipinski definition) is 3. The number of rotatable bonds is 0. The summed E-state index contributed by atoms with van der Waals surface area (Å²) >= 11 is 0. The van der Waals surface area contributed by atoms with E-state index in [4.69, 9.17) is 9.47 Å². The zero-order valence-electron chi connectivity index (χ0n) is 6.93. The number of ether oxygens (including phenoxy) is 2. The molecule has 2 aliphatic rings. The summed E-state index contributed by atoms with van der Waals surface area (Å²) in [6.45, 7) is 4.89. The van der Waals surface area contributed by atoms with Crippen molar-refractivity contribution in [2.75, 3.05) is 19.7 Å². The maximum atomic E-state index is 5.73. The normalized spacial score (nSPS) is 36.3. The highest BCUT2D eigenvalue weighted by molar-refractivity contribution is 4.89. The van der Waals surface area contributed by atoms with Crippen LogP contribution in [-0.4, -0.2) is 31.6 Å². The molecular formula is C8H15NO2. The lowest BCUT2D eigenvalue weighted by Crippen LogP contribution is -2.43. The summed E-state index contributed by atoms with van der Waals surface area (Å²) in [5.41, 5.74) is 0.0602. The van der Waals surface area contributed by atoms with Crippen molar-refractivity contribution in [3.05, 3.63) is 0 Å². The molecule has 64 valence electrons. The van der Waals surface area contributed by atoms with Crippen molar-refractivity contribution >= 4 is 0 Å². The number of piperidine rings is 1. The van der Waals surface area contributed by atoms with Gasteiger partial charge in [0.05, 0.1) is 12.2 Å². The SMILES string of the molecule is C[C@@H]1OCC2(CCNCC2)O1. The Bertz CT molecular complexity index is 138. The lowest BCUT2D eigenvalue weighted by molar-refractivity contribution is -0.0859. The van der Waals surface area contributed by atoms with Crippen molar-refractivity contribution in [3.8, 4) is 0 Å². The van der Waals surface area contributed by atoms with Gasteiger partial charge >= 0.3 is 0 Å². The minimum atomic E-state index is 0.00750. The third-order valence-electron chi connectivity index (χ3n) is 2.51. The Hall–Kier alpha value is -0.120. The van der Waals surface area contributed by atoms with E-state index in [0.717, 1.165) is 32.5 Å². The fourth-order valence-electron chi connectivity index (χ4n) is 1.83. The minimum absolute atomic E-state index is 0.00750. The first-order valence-electron chi connectivity index (χ1n) is 4.31. The molecule has 0 aromatic carbocycles. The highest BCUT2D eigenvalue weighted by atomic mass is 16.7. The van der Waals surface area contributed by atoms with Crippen LogP contribution in [0.2, 0.25) is 0 Å². The molecule has 0 unspecified atom stereocenters. The van der Waals surface area contributed by atoms with Crippen LogP contribution in [0.5, 0.6) is 0 Å². The molecule has 0 aliphatic carbocycles. The third-order valence-corrected chi connectivity index (χ3v) is 2.51. The Morgan fingerprint density at radius 2 is 2.09 bits per heavy atom. The highest BCUT2D eigenvalue weighted by Gasteiger charge is 2.40. The molecule has 0 amide bonds. The second kappa shape index (κ2) is 2.73. The van der Waals surface area contributed by atoms with Crippen molar-refractivity contribution in [2.24, 2.45) is 0 Å². The van der Waals surface area contributed by atoms with Crippen LogP contribution in [0.1, 0.15) is 19.8 Å². The summed E-state index contributed by atoms with van der Waals surface area (Å²) in [4.78, 5) is 0. The summed E-state index contributed by atoms with van der Waals surface area (Å²) in [5, 5.41) is 3.32. The monoisotopic (exact) mass is 157 g/mol. The van der Waals surface area contributed by atoms with Crippen molar-refractivity contribution in [2.45, 2.75) is 31.7 Å². The topological polar surface area (TPSA) is 30.5 Å². The zero-order chi connectivity index (χ0) is 7.73. The van der Waals surface area contributed by atoms with Crippen LogP contribution >= 0.6 is 0 Å². The van der Waals surface area contributed by atoms with E-state index in [1.807, 2.05) is 6.92 Å². The average molecular weight is 157 g/mol. The van der Waals surface area contributed by atoms with Crippen LogP contribution in [0.15, 0.2) is 0 Å². The molecule has 1 spiro atoms. The Kier molecular flexibility index (Phi) is 1.87. The second-order valence-electron chi connectivity index (χ2n) is 3.43. The van der Waals surface area contributed by atoms with E-state index < -0.39 is 0 Å². The summed E-state index contributed by atoms with van der Waals surface area (Å²) < 4.78 is 11.1. The molecule has 1 atom stereocenters. The van der Waals surface area contributed by atoms with Gasteiger partial charge in [-0.1, -0.05) is 0 Å². The zero-order valence-corrected chi connectivity index (χ0v) is 6.93. The molecule has 11 heavy (non-hydrogen) atoms. The van der Waals surface area contributed by atoms with Crippen LogP contribution < -0.4 is 5.32 Å². The van der Waals surface area contributed by atoms with Gasteiger partial charge in [-0.2, -0.15) is 0 Å². The fraction of sp³-hybridized carbons (Fsp3) is 1.00. The molecular weight excluding hydrogens is 142 g/mol. The van der Waals surface area contributed by atoms with E-state index in [1.54, 1.807) is 0 Å². The van der Waals surface area contributed by atoms with E-state index in [9.17, 15) is 0 Å². The summed E-state index contributed by atoms with van der Waals surface area (Å²) in [7, 11) is 0. The summed E-state index contributed by atoms with van der Waals surface area (Å²) in [6.07, 6.45) is 2.20. The molecule has 1 N–H and O–H groups in total. The van der Waals surface area contributed by atoms with Crippen molar-refractivity contribution in [3.63, 3.8) is 0 Å². The van der Waals surface area contributed by atoms with Gasteiger partial charge < -0.3 is 14.8 Å². The van der Waals surface area contributed by atoms with Gasteiger partial charge in [-0.25, -0.2) is 0 Å². The molecule has 0 bridgehead atoms. The van der Waals surface area contributed by atoms with E-state index in [2.05, 4.69) is 5.32 Å². The first-order chi connectivity index (χ1) is 5.31. The van der Waals surface area contributed by atoms with Crippen molar-refractivity contribution < 1.29 is 9.47 Å². The standard InChI is InChI=1S/C8H15NO2/c1-7-10-6-8(11-7)2-4-9-5-3-8/h7,9H,2-6H2,1H3/t7-/m1/s1. The van der Waals surface area contributed by atoms with Crippen LogP contribution in [0.4, 0.5) is 0 Å². The largest absolute Gasteiger partial charge is 0.350 e. The van der Waals surface area contributed by atoms with Crippen molar-refractivity contribution in [1.29, 1.82) is 0 Å². The minimum Gasteiger partial charge on any atom is -0.350 e. The van der Waals surface area contributed by atoms with Gasteiger partial charge in [0.2, 0.25) is 0 Å². The lowest BCUT2D eigenvalue weighted by atomic mass is 9.94. The van der Waals surface area contributed by atoms with Crippen LogP contribution in [0, 0.1) is 0 Å². The summed E-state index contributed by atoms with van der Waals surface area (Å²) in [6, 6.07) is 0. The molecule has 2 saturated heterocycles. The fourth-order valence-corrected chi connectivity index (χ4v) is 1.83. The van der Waals surface area contributed by atoms with Crippen LogP contribution in [-0.2, 0) is 9.47 Å². The van der Waals surface area contributed by atoms with Crippen LogP contribution in [0.3, 0.4) is 0 Å².